The summed E-state index contributed by atoms with van der Waals surface area (Å²) in [7, 11) is 3.43. The van der Waals surface area contributed by atoms with Crippen LogP contribution in [0.5, 0.6) is 0 Å². The van der Waals surface area contributed by atoms with Crippen molar-refractivity contribution in [3.05, 3.63) is 57.6 Å². The highest BCUT2D eigenvalue weighted by Gasteiger charge is 2.19. The molecule has 0 aliphatic heterocycles. The zero-order valence-electron chi connectivity index (χ0n) is 13.3. The van der Waals surface area contributed by atoms with Gasteiger partial charge in [0, 0.05) is 31.2 Å². The van der Waals surface area contributed by atoms with Crippen molar-refractivity contribution in [1.82, 2.24) is 9.97 Å². The number of nitrogens with one attached hydrogen (secondary N) is 1. The van der Waals surface area contributed by atoms with Gasteiger partial charge in [0.2, 0.25) is 0 Å². The second-order valence-corrected chi connectivity index (χ2v) is 5.89. The smallest absolute Gasteiger partial charge is 0.293 e. The number of rotatable bonds is 4. The van der Waals surface area contributed by atoms with Crippen molar-refractivity contribution in [2.45, 2.75) is 0 Å². The van der Waals surface area contributed by atoms with Crippen LogP contribution in [0.1, 0.15) is 0 Å². The van der Waals surface area contributed by atoms with Crippen LogP contribution in [-0.4, -0.2) is 29.0 Å². The second kappa shape index (κ2) is 6.48. The molecule has 2 aromatic carbocycles. The Kier molecular flexibility index (Phi) is 4.37. The maximum absolute atomic E-state index is 13.3. The molecular formula is C16H13ClFN5O2. The summed E-state index contributed by atoms with van der Waals surface area (Å²) < 4.78 is 13.3. The molecule has 0 aliphatic rings. The average Bonchev–Trinajstić information content (AvgIpc) is 2.57. The summed E-state index contributed by atoms with van der Waals surface area (Å²) in [5.41, 5.74) is 1.42. The van der Waals surface area contributed by atoms with Gasteiger partial charge in [-0.1, -0.05) is 11.6 Å². The Bertz CT molecular complexity index is 980. The number of nitrogens with zero attached hydrogens (tertiary/aromatic N) is 4. The fraction of sp³-hybridized carbons (Fsp3) is 0.125. The lowest BCUT2D eigenvalue weighted by Gasteiger charge is -2.14. The molecule has 1 aromatic heterocycles. The van der Waals surface area contributed by atoms with E-state index >= 15 is 0 Å². The Balaban J connectivity index is 2.14. The molecule has 0 bridgehead atoms. The van der Waals surface area contributed by atoms with Crippen LogP contribution in [-0.2, 0) is 0 Å². The molecule has 128 valence electrons. The van der Waals surface area contributed by atoms with Crippen molar-refractivity contribution in [3.8, 4) is 0 Å². The first-order chi connectivity index (χ1) is 11.9. The molecule has 0 fully saturated rings. The highest BCUT2D eigenvalue weighted by molar-refractivity contribution is 6.31. The Morgan fingerprint density at radius 3 is 2.64 bits per heavy atom. The number of halogens is 2. The fourth-order valence-electron chi connectivity index (χ4n) is 2.40. The SMILES string of the molecule is CN(C)c1cc2ncnc(Nc3ccc(F)c(Cl)c3)c2cc1[N+](=O)[O-]. The number of benzene rings is 2. The molecule has 3 rings (SSSR count). The van der Waals surface area contributed by atoms with Gasteiger partial charge in [-0.2, -0.15) is 0 Å². The summed E-state index contributed by atoms with van der Waals surface area (Å²) in [6.07, 6.45) is 1.35. The molecular weight excluding hydrogens is 349 g/mol. The number of hydrogen-bond donors (Lipinski definition) is 1. The zero-order valence-corrected chi connectivity index (χ0v) is 14.1. The molecule has 0 aliphatic carbocycles. The van der Waals surface area contributed by atoms with Gasteiger partial charge < -0.3 is 10.2 Å². The Labute approximate surface area is 147 Å². The van der Waals surface area contributed by atoms with E-state index in [2.05, 4.69) is 15.3 Å². The van der Waals surface area contributed by atoms with Crippen LogP contribution >= 0.6 is 11.6 Å². The number of hydrogen-bond acceptors (Lipinski definition) is 6. The van der Waals surface area contributed by atoms with Gasteiger partial charge in [-0.25, -0.2) is 14.4 Å². The Morgan fingerprint density at radius 2 is 2.00 bits per heavy atom. The molecule has 0 saturated heterocycles. The summed E-state index contributed by atoms with van der Waals surface area (Å²) in [5.74, 6) is -0.174. The second-order valence-electron chi connectivity index (χ2n) is 5.49. The molecule has 0 unspecified atom stereocenters. The molecule has 0 atom stereocenters. The summed E-state index contributed by atoms with van der Waals surface area (Å²) in [4.78, 5) is 20.9. The van der Waals surface area contributed by atoms with Crippen molar-refractivity contribution < 1.29 is 9.31 Å². The van der Waals surface area contributed by atoms with E-state index in [-0.39, 0.29) is 10.7 Å². The number of fused-ring (bicyclic) bond motifs is 1. The number of anilines is 3. The molecule has 0 amide bonds. The lowest BCUT2D eigenvalue weighted by molar-refractivity contribution is -0.384. The summed E-state index contributed by atoms with van der Waals surface area (Å²) in [6.45, 7) is 0. The van der Waals surface area contributed by atoms with E-state index in [0.717, 1.165) is 0 Å². The van der Waals surface area contributed by atoms with Crippen molar-refractivity contribution in [2.24, 2.45) is 0 Å². The predicted molar refractivity (Wildman–Crippen MR) is 95.2 cm³/mol. The van der Waals surface area contributed by atoms with Gasteiger partial charge in [0.05, 0.1) is 15.5 Å². The van der Waals surface area contributed by atoms with E-state index < -0.39 is 10.7 Å². The van der Waals surface area contributed by atoms with Crippen LogP contribution < -0.4 is 10.2 Å². The van der Waals surface area contributed by atoms with Crippen LogP contribution in [0.25, 0.3) is 10.9 Å². The van der Waals surface area contributed by atoms with E-state index in [0.29, 0.717) is 28.1 Å². The van der Waals surface area contributed by atoms with Gasteiger partial charge in [-0.15, -0.1) is 0 Å². The van der Waals surface area contributed by atoms with Crippen molar-refractivity contribution in [3.63, 3.8) is 0 Å². The predicted octanol–water partition coefficient (Wildman–Crippen LogP) is 4.14. The lowest BCUT2D eigenvalue weighted by atomic mass is 10.1. The monoisotopic (exact) mass is 361 g/mol. The largest absolute Gasteiger partial charge is 0.372 e. The van der Waals surface area contributed by atoms with E-state index in [1.165, 1.54) is 30.6 Å². The van der Waals surface area contributed by atoms with E-state index in [1.807, 2.05) is 0 Å². The molecule has 0 saturated carbocycles. The minimum atomic E-state index is -0.536. The zero-order chi connectivity index (χ0) is 18.1. The average molecular weight is 362 g/mol. The molecule has 3 aromatic rings. The standard InChI is InChI=1S/C16H13ClFN5O2/c1-22(2)14-7-13-10(6-15(14)23(24)25)16(20-8-19-13)21-9-3-4-12(18)11(17)5-9/h3-8H,1-2H3,(H,19,20,21). The summed E-state index contributed by atoms with van der Waals surface area (Å²) in [6, 6.07) is 7.17. The van der Waals surface area contributed by atoms with Gasteiger partial charge in [0.1, 0.15) is 23.6 Å². The highest BCUT2D eigenvalue weighted by Crippen LogP contribution is 2.34. The van der Waals surface area contributed by atoms with Gasteiger partial charge >= 0.3 is 0 Å². The third-order valence-electron chi connectivity index (χ3n) is 3.59. The first-order valence-corrected chi connectivity index (χ1v) is 7.57. The van der Waals surface area contributed by atoms with Crippen molar-refractivity contribution >= 4 is 45.4 Å². The normalized spacial score (nSPS) is 10.7. The van der Waals surface area contributed by atoms with Crippen molar-refractivity contribution in [2.75, 3.05) is 24.3 Å². The maximum atomic E-state index is 13.3. The van der Waals surface area contributed by atoms with Gasteiger partial charge in [0.25, 0.3) is 5.69 Å². The Morgan fingerprint density at radius 1 is 1.24 bits per heavy atom. The van der Waals surface area contributed by atoms with Crippen LogP contribution in [0, 0.1) is 15.9 Å². The number of nitro benzene ring substituents is 1. The van der Waals surface area contributed by atoms with Gasteiger partial charge in [0.15, 0.2) is 0 Å². The lowest BCUT2D eigenvalue weighted by Crippen LogP contribution is -2.11. The quantitative estimate of drug-likeness (QED) is 0.555. The maximum Gasteiger partial charge on any atom is 0.293 e. The topological polar surface area (TPSA) is 84.2 Å². The van der Waals surface area contributed by atoms with Crippen LogP contribution in [0.2, 0.25) is 5.02 Å². The molecule has 0 spiro atoms. The molecule has 0 radical (unpaired) electrons. The molecule has 1 N–H and O–H groups in total. The molecule has 9 heteroatoms. The molecule has 1 heterocycles. The summed E-state index contributed by atoms with van der Waals surface area (Å²) >= 11 is 5.78. The molecule has 25 heavy (non-hydrogen) atoms. The van der Waals surface area contributed by atoms with Gasteiger partial charge in [-0.05, 0) is 24.3 Å². The van der Waals surface area contributed by atoms with Crippen LogP contribution in [0.3, 0.4) is 0 Å². The highest BCUT2D eigenvalue weighted by atomic mass is 35.5. The van der Waals surface area contributed by atoms with E-state index in [1.54, 1.807) is 25.1 Å². The third-order valence-corrected chi connectivity index (χ3v) is 3.88. The Hall–Kier alpha value is -3.00. The summed E-state index contributed by atoms with van der Waals surface area (Å²) in [5, 5.41) is 14.8. The van der Waals surface area contributed by atoms with Gasteiger partial charge in [-0.3, -0.25) is 10.1 Å². The minimum absolute atomic E-state index is 0.0377. The van der Waals surface area contributed by atoms with Crippen molar-refractivity contribution in [1.29, 1.82) is 0 Å². The van der Waals surface area contributed by atoms with Crippen LogP contribution in [0.4, 0.5) is 27.3 Å². The third kappa shape index (κ3) is 3.29. The van der Waals surface area contributed by atoms with Crippen LogP contribution in [0.15, 0.2) is 36.7 Å². The molecule has 7 nitrogen and oxygen atoms in total. The fourth-order valence-corrected chi connectivity index (χ4v) is 2.58. The van der Waals surface area contributed by atoms with E-state index in [4.69, 9.17) is 11.6 Å². The first-order valence-electron chi connectivity index (χ1n) is 7.19. The minimum Gasteiger partial charge on any atom is -0.372 e. The van der Waals surface area contributed by atoms with E-state index in [9.17, 15) is 14.5 Å². The number of aromatic nitrogens is 2. The first kappa shape index (κ1) is 16.8. The number of nitro groups is 1.